The van der Waals surface area contributed by atoms with E-state index in [1.54, 1.807) is 6.08 Å². The van der Waals surface area contributed by atoms with E-state index in [1.807, 2.05) is 13.8 Å². The average Bonchev–Trinajstić information content (AvgIpc) is 2.60. The molecule has 0 aliphatic rings. The molecule has 0 aliphatic carbocycles. The Labute approximate surface area is 162 Å². The van der Waals surface area contributed by atoms with E-state index in [0.717, 1.165) is 23.8 Å². The number of phenols is 5. The highest BCUT2D eigenvalue weighted by molar-refractivity contribution is 6.11. The van der Waals surface area contributed by atoms with Crippen molar-refractivity contribution in [3.8, 4) is 34.5 Å². The highest BCUT2D eigenvalue weighted by Crippen LogP contribution is 2.39. The van der Waals surface area contributed by atoms with Gasteiger partial charge in [-0.3, -0.25) is 4.79 Å². The molecule has 2 aromatic carbocycles. The summed E-state index contributed by atoms with van der Waals surface area (Å²) in [6.45, 7) is 3.70. The van der Waals surface area contributed by atoms with Crippen molar-refractivity contribution in [2.24, 2.45) is 0 Å². The van der Waals surface area contributed by atoms with E-state index in [1.165, 1.54) is 19.3 Å². The Hall–Kier alpha value is -3.61. The second-order valence-electron chi connectivity index (χ2n) is 6.38. The van der Waals surface area contributed by atoms with Crippen LogP contribution in [0.2, 0.25) is 0 Å². The van der Waals surface area contributed by atoms with Crippen LogP contribution in [0.5, 0.6) is 34.5 Å². The summed E-state index contributed by atoms with van der Waals surface area (Å²) in [5.74, 6) is -2.60. The van der Waals surface area contributed by atoms with Gasteiger partial charge in [0.2, 0.25) is 0 Å². The van der Waals surface area contributed by atoms with Gasteiger partial charge in [-0.25, -0.2) is 0 Å². The molecule has 2 aromatic rings. The maximum absolute atomic E-state index is 12.5. The predicted molar refractivity (Wildman–Crippen MR) is 104 cm³/mol. The fourth-order valence-electron chi connectivity index (χ4n) is 2.55. The highest BCUT2D eigenvalue weighted by Gasteiger charge is 2.21. The SMILES string of the molecule is COc1cc(/C=C/C(=O)c2c(O)cc(O)c(CC=C(C)C)c2O)c(O)cc1O. The van der Waals surface area contributed by atoms with Gasteiger partial charge in [0, 0.05) is 23.3 Å². The number of benzene rings is 2. The van der Waals surface area contributed by atoms with Gasteiger partial charge < -0.3 is 30.3 Å². The minimum Gasteiger partial charge on any atom is -0.507 e. The zero-order chi connectivity index (χ0) is 21.0. The van der Waals surface area contributed by atoms with Crippen molar-refractivity contribution in [1.82, 2.24) is 0 Å². The Morgan fingerprint density at radius 1 is 0.964 bits per heavy atom. The van der Waals surface area contributed by atoms with Crippen molar-refractivity contribution in [1.29, 1.82) is 0 Å². The third kappa shape index (κ3) is 4.37. The monoisotopic (exact) mass is 386 g/mol. The van der Waals surface area contributed by atoms with Crippen LogP contribution < -0.4 is 4.74 Å². The summed E-state index contributed by atoms with van der Waals surface area (Å²) >= 11 is 0. The highest BCUT2D eigenvalue weighted by atomic mass is 16.5. The number of carbonyl (C=O) groups is 1. The number of hydrogen-bond acceptors (Lipinski definition) is 7. The fraction of sp³-hybridized carbons (Fsp3) is 0.190. The molecule has 0 bridgehead atoms. The number of carbonyl (C=O) groups excluding carboxylic acids is 1. The van der Waals surface area contributed by atoms with Crippen molar-refractivity contribution >= 4 is 11.9 Å². The third-order valence-corrected chi connectivity index (χ3v) is 4.06. The zero-order valence-corrected chi connectivity index (χ0v) is 15.7. The van der Waals surface area contributed by atoms with Gasteiger partial charge in [-0.1, -0.05) is 11.6 Å². The first-order valence-corrected chi connectivity index (χ1v) is 8.38. The largest absolute Gasteiger partial charge is 0.507 e. The molecule has 0 heterocycles. The molecule has 0 aliphatic heterocycles. The molecule has 0 spiro atoms. The first-order valence-electron chi connectivity index (χ1n) is 8.38. The lowest BCUT2D eigenvalue weighted by Crippen LogP contribution is -1.99. The molecule has 0 amide bonds. The molecular formula is C21H22O7. The molecule has 28 heavy (non-hydrogen) atoms. The smallest absolute Gasteiger partial charge is 0.193 e. The molecule has 2 rings (SSSR count). The first kappa shape index (κ1) is 20.7. The van der Waals surface area contributed by atoms with Crippen LogP contribution in [-0.2, 0) is 6.42 Å². The summed E-state index contributed by atoms with van der Waals surface area (Å²) in [6, 6.07) is 3.39. The van der Waals surface area contributed by atoms with Crippen LogP contribution in [0.1, 0.15) is 35.3 Å². The van der Waals surface area contributed by atoms with E-state index >= 15 is 0 Å². The summed E-state index contributed by atoms with van der Waals surface area (Å²) in [5, 5.41) is 49.9. The molecule has 5 N–H and O–H groups in total. The number of rotatable bonds is 6. The van der Waals surface area contributed by atoms with Crippen LogP contribution in [-0.4, -0.2) is 38.4 Å². The molecule has 0 saturated carbocycles. The molecule has 0 aromatic heterocycles. The summed E-state index contributed by atoms with van der Waals surface area (Å²) in [5.41, 5.74) is 0.892. The average molecular weight is 386 g/mol. The number of hydrogen-bond donors (Lipinski definition) is 5. The van der Waals surface area contributed by atoms with Crippen molar-refractivity contribution in [2.75, 3.05) is 7.11 Å². The van der Waals surface area contributed by atoms with Gasteiger partial charge in [0.25, 0.3) is 0 Å². The van der Waals surface area contributed by atoms with Crippen molar-refractivity contribution in [3.05, 3.63) is 52.6 Å². The van der Waals surface area contributed by atoms with Gasteiger partial charge >= 0.3 is 0 Å². The second kappa shape index (κ2) is 8.39. The maximum atomic E-state index is 12.5. The van der Waals surface area contributed by atoms with E-state index in [9.17, 15) is 30.3 Å². The number of methoxy groups -OCH3 is 1. The lowest BCUT2D eigenvalue weighted by atomic mass is 9.99. The van der Waals surface area contributed by atoms with Gasteiger partial charge in [-0.15, -0.1) is 0 Å². The Bertz CT molecular complexity index is 967. The quantitative estimate of drug-likeness (QED) is 0.291. The van der Waals surface area contributed by atoms with E-state index in [-0.39, 0.29) is 46.1 Å². The molecule has 0 radical (unpaired) electrons. The molecule has 0 fully saturated rings. The molecule has 7 nitrogen and oxygen atoms in total. The molecular weight excluding hydrogens is 364 g/mol. The van der Waals surface area contributed by atoms with Crippen LogP contribution in [0.25, 0.3) is 6.08 Å². The lowest BCUT2D eigenvalue weighted by molar-refractivity contribution is 0.104. The van der Waals surface area contributed by atoms with E-state index < -0.39 is 17.3 Å². The number of phenolic OH excluding ortho intramolecular Hbond substituents is 5. The molecule has 148 valence electrons. The van der Waals surface area contributed by atoms with Gasteiger partial charge in [0.05, 0.1) is 7.11 Å². The van der Waals surface area contributed by atoms with E-state index in [0.29, 0.717) is 0 Å². The number of aromatic hydroxyl groups is 5. The standard InChI is InChI=1S/C21H22O7/c1-11(2)4-6-13-16(24)10-18(26)20(21(13)27)14(22)7-5-12-8-19(28-3)17(25)9-15(12)23/h4-5,7-10,23-27H,6H2,1-3H3/b7-5+. The summed E-state index contributed by atoms with van der Waals surface area (Å²) in [7, 11) is 1.34. The Morgan fingerprint density at radius 3 is 2.21 bits per heavy atom. The number of ketones is 1. The van der Waals surface area contributed by atoms with Crippen molar-refractivity contribution in [2.45, 2.75) is 20.3 Å². The zero-order valence-electron chi connectivity index (χ0n) is 15.7. The van der Waals surface area contributed by atoms with Crippen LogP contribution in [0.3, 0.4) is 0 Å². The lowest BCUT2D eigenvalue weighted by Gasteiger charge is -2.11. The molecule has 0 saturated heterocycles. The third-order valence-electron chi connectivity index (χ3n) is 4.06. The van der Waals surface area contributed by atoms with Crippen LogP contribution in [0.15, 0.2) is 35.9 Å². The summed E-state index contributed by atoms with van der Waals surface area (Å²) < 4.78 is 4.95. The Morgan fingerprint density at radius 2 is 1.61 bits per heavy atom. The minimum absolute atomic E-state index is 0.101. The topological polar surface area (TPSA) is 127 Å². The molecule has 0 atom stereocenters. The minimum atomic E-state index is -0.736. The van der Waals surface area contributed by atoms with Crippen LogP contribution >= 0.6 is 0 Å². The summed E-state index contributed by atoms with van der Waals surface area (Å²) in [4.78, 5) is 12.5. The second-order valence-corrected chi connectivity index (χ2v) is 6.38. The van der Waals surface area contributed by atoms with Crippen molar-refractivity contribution in [3.63, 3.8) is 0 Å². The van der Waals surface area contributed by atoms with Gasteiger partial charge in [-0.2, -0.15) is 0 Å². The number of allylic oxidation sites excluding steroid dienone is 3. The normalized spacial score (nSPS) is 10.8. The van der Waals surface area contributed by atoms with Crippen LogP contribution in [0, 0.1) is 0 Å². The van der Waals surface area contributed by atoms with Crippen molar-refractivity contribution < 1.29 is 35.1 Å². The van der Waals surface area contributed by atoms with Crippen LogP contribution in [0.4, 0.5) is 0 Å². The van der Waals surface area contributed by atoms with E-state index in [4.69, 9.17) is 4.74 Å². The Kier molecular flexibility index (Phi) is 6.20. The molecule has 0 unspecified atom stereocenters. The fourth-order valence-corrected chi connectivity index (χ4v) is 2.55. The number of ether oxygens (including phenoxy) is 1. The van der Waals surface area contributed by atoms with E-state index in [2.05, 4.69) is 0 Å². The van der Waals surface area contributed by atoms with Gasteiger partial charge in [-0.05, 0) is 38.5 Å². The first-order chi connectivity index (χ1) is 13.1. The predicted octanol–water partition coefficient (Wildman–Crippen LogP) is 3.63. The summed E-state index contributed by atoms with van der Waals surface area (Å²) in [6.07, 6.45) is 4.24. The molecule has 7 heteroatoms. The van der Waals surface area contributed by atoms with Gasteiger partial charge in [0.15, 0.2) is 17.3 Å². The van der Waals surface area contributed by atoms with Gasteiger partial charge in [0.1, 0.15) is 28.6 Å². The Balaban J connectivity index is 2.43. The maximum Gasteiger partial charge on any atom is 0.193 e.